The van der Waals surface area contributed by atoms with Crippen molar-refractivity contribution >= 4 is 17.7 Å². The third kappa shape index (κ3) is 2.96. The molecule has 4 atom stereocenters. The Balaban J connectivity index is 2.26. The van der Waals surface area contributed by atoms with Gasteiger partial charge in [-0.2, -0.15) is 0 Å². The van der Waals surface area contributed by atoms with Crippen LogP contribution in [0.4, 0.5) is 0 Å². The number of fused-ring (bicyclic) bond motifs is 2. The minimum Gasteiger partial charge on any atom is -0.465 e. The first-order valence-electron chi connectivity index (χ1n) is 9.73. The van der Waals surface area contributed by atoms with E-state index < -0.39 is 29.2 Å². The molecular formula is C22H27NO5. The topological polar surface area (TPSA) is 74.2 Å². The Morgan fingerprint density at radius 1 is 1.21 bits per heavy atom. The van der Waals surface area contributed by atoms with E-state index in [-0.39, 0.29) is 12.5 Å². The molecule has 2 bridgehead atoms. The lowest BCUT2D eigenvalue weighted by Crippen LogP contribution is -2.50. The third-order valence-corrected chi connectivity index (χ3v) is 5.38. The molecule has 3 rings (SSSR count). The summed E-state index contributed by atoms with van der Waals surface area (Å²) in [5.74, 6) is -1.12. The van der Waals surface area contributed by atoms with Crippen LogP contribution in [0.5, 0.6) is 0 Å². The van der Waals surface area contributed by atoms with Crippen LogP contribution in [0.1, 0.15) is 39.7 Å². The van der Waals surface area contributed by atoms with E-state index in [1.54, 1.807) is 6.92 Å². The van der Waals surface area contributed by atoms with Crippen molar-refractivity contribution in [2.75, 3.05) is 13.2 Å². The number of hydrogen-bond acceptors (Lipinski definition) is 6. The van der Waals surface area contributed by atoms with Gasteiger partial charge in [0.1, 0.15) is 0 Å². The number of nitrogens with zero attached hydrogens (tertiary/aromatic N) is 1. The lowest BCUT2D eigenvalue weighted by molar-refractivity contribution is -0.179. The molecule has 0 spiro atoms. The highest BCUT2D eigenvalue weighted by molar-refractivity contribution is 6.18. The number of carbonyl (C=O) groups excluding carboxylic acids is 2. The average molecular weight is 385 g/mol. The summed E-state index contributed by atoms with van der Waals surface area (Å²) in [6, 6.07) is 9.48. The first-order chi connectivity index (χ1) is 13.5. The number of allylic oxidation sites excluding steroid dienone is 1. The van der Waals surface area contributed by atoms with Gasteiger partial charge in [-0.05, 0) is 32.8 Å². The van der Waals surface area contributed by atoms with E-state index in [0.29, 0.717) is 18.7 Å². The quantitative estimate of drug-likeness (QED) is 0.532. The molecule has 1 heterocycles. The van der Waals surface area contributed by atoms with Crippen molar-refractivity contribution in [2.24, 2.45) is 16.3 Å². The van der Waals surface area contributed by atoms with E-state index in [1.165, 1.54) is 6.92 Å². The highest BCUT2D eigenvalue weighted by Gasteiger charge is 2.75. The number of aliphatic imine (C=N–C) groups is 1. The van der Waals surface area contributed by atoms with Gasteiger partial charge in [-0.3, -0.25) is 9.59 Å². The molecule has 2 aliphatic rings. The summed E-state index contributed by atoms with van der Waals surface area (Å²) in [5, 5.41) is 0. The van der Waals surface area contributed by atoms with Crippen molar-refractivity contribution in [3.8, 4) is 0 Å². The summed E-state index contributed by atoms with van der Waals surface area (Å²) in [6.07, 6.45) is 3.40. The molecule has 28 heavy (non-hydrogen) atoms. The second kappa shape index (κ2) is 7.87. The lowest BCUT2D eigenvalue weighted by Gasteiger charge is -2.33. The number of benzene rings is 1. The predicted octanol–water partition coefficient (Wildman–Crippen LogP) is 3.30. The Hall–Kier alpha value is -2.47. The lowest BCUT2D eigenvalue weighted by atomic mass is 9.76. The molecule has 150 valence electrons. The number of hydrogen-bond donors (Lipinski definition) is 0. The van der Waals surface area contributed by atoms with Crippen LogP contribution in [0, 0.1) is 11.3 Å². The molecule has 6 heteroatoms. The van der Waals surface area contributed by atoms with Gasteiger partial charge in [0.15, 0.2) is 11.5 Å². The molecule has 1 aromatic carbocycles. The van der Waals surface area contributed by atoms with E-state index in [2.05, 4.69) is 0 Å². The molecule has 1 aliphatic heterocycles. The van der Waals surface area contributed by atoms with Crippen LogP contribution < -0.4 is 0 Å². The number of rotatable bonds is 7. The summed E-state index contributed by atoms with van der Waals surface area (Å²) >= 11 is 0. The van der Waals surface area contributed by atoms with Crippen LogP contribution in [-0.4, -0.2) is 42.7 Å². The summed E-state index contributed by atoms with van der Waals surface area (Å²) < 4.78 is 17.4. The standard InChI is InChI=1S/C22H27NO5/c1-5-11-17-14-21(20(25)26-6-2)18(16-12-9-8-10-13-16)23-22(17,27-7-3)19(21)28-15(4)24/h5,8-13,17,19H,6-7,14H2,1-4H3/b11-5-/t17-,19-,21-,22-/m0/s1. The number of carbonyl (C=O) groups is 2. The van der Waals surface area contributed by atoms with E-state index in [1.807, 2.05) is 56.3 Å². The van der Waals surface area contributed by atoms with E-state index in [4.69, 9.17) is 19.2 Å². The Morgan fingerprint density at radius 3 is 2.50 bits per heavy atom. The monoisotopic (exact) mass is 385 g/mol. The fraction of sp³-hybridized carbons (Fsp3) is 0.500. The second-order valence-electron chi connectivity index (χ2n) is 7.03. The SMILES string of the molecule is C/C=C\[C@H]1C[C@]2(C(=O)OCC)C(c3ccccc3)=N[C@@]1(OCC)[C@H]2OC(C)=O. The van der Waals surface area contributed by atoms with Gasteiger partial charge in [0.05, 0.1) is 12.3 Å². The molecule has 1 fully saturated rings. The molecule has 1 aromatic rings. The van der Waals surface area contributed by atoms with Crippen molar-refractivity contribution in [1.82, 2.24) is 0 Å². The normalized spacial score (nSPS) is 31.1. The maximum Gasteiger partial charge on any atom is 0.322 e. The van der Waals surface area contributed by atoms with E-state index in [0.717, 1.165) is 5.56 Å². The Kier molecular flexibility index (Phi) is 5.70. The van der Waals surface area contributed by atoms with Gasteiger partial charge in [0.25, 0.3) is 0 Å². The summed E-state index contributed by atoms with van der Waals surface area (Å²) in [7, 11) is 0. The molecular weight excluding hydrogens is 358 g/mol. The summed E-state index contributed by atoms with van der Waals surface area (Å²) in [6.45, 7) is 7.47. The predicted molar refractivity (Wildman–Crippen MR) is 105 cm³/mol. The molecule has 1 aliphatic carbocycles. The zero-order valence-corrected chi connectivity index (χ0v) is 16.8. The Labute approximate surface area is 165 Å². The molecule has 0 amide bonds. The van der Waals surface area contributed by atoms with E-state index >= 15 is 0 Å². The molecule has 6 nitrogen and oxygen atoms in total. The van der Waals surface area contributed by atoms with Gasteiger partial charge in [-0.15, -0.1) is 0 Å². The third-order valence-electron chi connectivity index (χ3n) is 5.38. The number of esters is 2. The van der Waals surface area contributed by atoms with Gasteiger partial charge < -0.3 is 14.2 Å². The van der Waals surface area contributed by atoms with Gasteiger partial charge >= 0.3 is 11.9 Å². The molecule has 0 saturated heterocycles. The maximum atomic E-state index is 13.3. The smallest absolute Gasteiger partial charge is 0.322 e. The second-order valence-corrected chi connectivity index (χ2v) is 7.03. The largest absolute Gasteiger partial charge is 0.465 e. The number of ether oxygens (including phenoxy) is 3. The van der Waals surface area contributed by atoms with Crippen molar-refractivity contribution in [3.63, 3.8) is 0 Å². The van der Waals surface area contributed by atoms with Gasteiger partial charge in [0, 0.05) is 19.4 Å². The average Bonchev–Trinajstić information content (AvgIpc) is 3.08. The fourth-order valence-corrected chi connectivity index (χ4v) is 4.48. The van der Waals surface area contributed by atoms with Crippen molar-refractivity contribution in [3.05, 3.63) is 48.0 Å². The molecule has 0 radical (unpaired) electrons. The minimum atomic E-state index is -1.21. The van der Waals surface area contributed by atoms with Crippen LogP contribution in [-0.2, 0) is 23.8 Å². The molecule has 0 unspecified atom stereocenters. The first kappa shape index (κ1) is 20.3. The molecule has 0 N–H and O–H groups in total. The fourth-order valence-electron chi connectivity index (χ4n) is 4.48. The highest BCUT2D eigenvalue weighted by Crippen LogP contribution is 2.60. The maximum absolute atomic E-state index is 13.3. The van der Waals surface area contributed by atoms with Crippen molar-refractivity contribution < 1.29 is 23.8 Å². The van der Waals surface area contributed by atoms with Crippen LogP contribution in [0.15, 0.2) is 47.5 Å². The molecule has 1 saturated carbocycles. The molecule has 0 aromatic heterocycles. The van der Waals surface area contributed by atoms with Gasteiger partial charge in [0.2, 0.25) is 5.72 Å². The van der Waals surface area contributed by atoms with Crippen molar-refractivity contribution in [2.45, 2.75) is 45.9 Å². The van der Waals surface area contributed by atoms with Gasteiger partial charge in [-0.25, -0.2) is 4.99 Å². The zero-order valence-electron chi connectivity index (χ0n) is 16.8. The van der Waals surface area contributed by atoms with Crippen LogP contribution in [0.3, 0.4) is 0 Å². The Morgan fingerprint density at radius 2 is 1.93 bits per heavy atom. The zero-order chi connectivity index (χ0) is 20.4. The minimum absolute atomic E-state index is 0.210. The first-order valence-corrected chi connectivity index (χ1v) is 9.73. The van der Waals surface area contributed by atoms with Crippen LogP contribution >= 0.6 is 0 Å². The van der Waals surface area contributed by atoms with Crippen LogP contribution in [0.2, 0.25) is 0 Å². The van der Waals surface area contributed by atoms with Crippen LogP contribution in [0.25, 0.3) is 0 Å². The Bertz CT molecular complexity index is 802. The summed E-state index contributed by atoms with van der Waals surface area (Å²) in [5.41, 5.74) is -0.993. The van der Waals surface area contributed by atoms with Crippen molar-refractivity contribution in [1.29, 1.82) is 0 Å². The van der Waals surface area contributed by atoms with Gasteiger partial charge in [-0.1, -0.05) is 42.5 Å². The van der Waals surface area contributed by atoms with E-state index in [9.17, 15) is 9.59 Å². The highest BCUT2D eigenvalue weighted by atomic mass is 16.6. The summed E-state index contributed by atoms with van der Waals surface area (Å²) in [4.78, 5) is 30.2.